The third-order valence-electron chi connectivity index (χ3n) is 2.11. The van der Waals surface area contributed by atoms with Gasteiger partial charge in [0, 0.05) is 4.92 Å². The van der Waals surface area contributed by atoms with Crippen LogP contribution in [0.3, 0.4) is 0 Å². The molecule has 8 nitrogen and oxygen atoms in total. The van der Waals surface area contributed by atoms with E-state index in [0.29, 0.717) is 0 Å². The van der Waals surface area contributed by atoms with E-state index in [9.17, 15) is 15.2 Å². The van der Waals surface area contributed by atoms with Crippen LogP contribution in [0, 0.1) is 10.1 Å². The van der Waals surface area contributed by atoms with E-state index in [2.05, 4.69) is 4.74 Å². The zero-order valence-electron chi connectivity index (χ0n) is 7.05. The van der Waals surface area contributed by atoms with E-state index in [0.717, 1.165) is 0 Å². The lowest BCUT2D eigenvalue weighted by Crippen LogP contribution is -2.61. The van der Waals surface area contributed by atoms with Gasteiger partial charge in [0.15, 0.2) is 18.5 Å². The van der Waals surface area contributed by atoms with E-state index in [4.69, 9.17) is 15.3 Å². The quantitative estimate of drug-likeness (QED) is 0.282. The van der Waals surface area contributed by atoms with Gasteiger partial charge in [-0.1, -0.05) is 0 Å². The molecule has 1 aliphatic heterocycles. The van der Waals surface area contributed by atoms with Crippen LogP contribution in [0.15, 0.2) is 0 Å². The third-order valence-corrected chi connectivity index (χ3v) is 2.11. The Kier molecular flexibility index (Phi) is 3.34. The van der Waals surface area contributed by atoms with Gasteiger partial charge in [0.2, 0.25) is 0 Å². The Morgan fingerprint density at radius 2 is 1.86 bits per heavy atom. The van der Waals surface area contributed by atoms with Crippen molar-refractivity contribution in [2.24, 2.45) is 0 Å². The maximum absolute atomic E-state index is 10.4. The van der Waals surface area contributed by atoms with Gasteiger partial charge in [0.1, 0.15) is 6.10 Å². The summed E-state index contributed by atoms with van der Waals surface area (Å²) < 4.78 is 4.54. The molecule has 0 aromatic rings. The van der Waals surface area contributed by atoms with Gasteiger partial charge >= 0.3 is 0 Å². The van der Waals surface area contributed by atoms with E-state index >= 15 is 0 Å². The molecule has 0 aromatic heterocycles. The van der Waals surface area contributed by atoms with Crippen molar-refractivity contribution in [1.82, 2.24) is 0 Å². The Morgan fingerprint density at radius 3 is 2.29 bits per heavy atom. The van der Waals surface area contributed by atoms with Gasteiger partial charge in [0.25, 0.3) is 6.04 Å². The Labute approximate surface area is 78.5 Å². The highest BCUT2D eigenvalue weighted by atomic mass is 16.7. The molecule has 0 aliphatic carbocycles. The monoisotopic (exact) mass is 209 g/mol. The summed E-state index contributed by atoms with van der Waals surface area (Å²) in [4.78, 5) is 9.51. The van der Waals surface area contributed by atoms with Crippen molar-refractivity contribution in [3.8, 4) is 0 Å². The summed E-state index contributed by atoms with van der Waals surface area (Å²) in [7, 11) is 0. The Morgan fingerprint density at radius 1 is 1.29 bits per heavy atom. The maximum Gasteiger partial charge on any atom is 0.271 e. The minimum atomic E-state index is -1.80. The first-order chi connectivity index (χ1) is 6.49. The fourth-order valence-electron chi connectivity index (χ4n) is 1.33. The Hall–Kier alpha value is -0.800. The molecular formula is C6H11NO7. The Bertz CT molecular complexity index is 222. The highest BCUT2D eigenvalue weighted by Gasteiger charge is 2.50. The van der Waals surface area contributed by atoms with Gasteiger partial charge < -0.3 is 25.2 Å². The molecule has 14 heavy (non-hydrogen) atoms. The molecule has 1 fully saturated rings. The van der Waals surface area contributed by atoms with E-state index in [1.807, 2.05) is 0 Å². The molecule has 0 amide bonds. The molecule has 1 saturated heterocycles. The molecule has 4 N–H and O–H groups in total. The second-order valence-electron chi connectivity index (χ2n) is 3.00. The fourth-order valence-corrected chi connectivity index (χ4v) is 1.33. The van der Waals surface area contributed by atoms with Gasteiger partial charge in [0.05, 0.1) is 6.61 Å². The molecule has 0 unspecified atom stereocenters. The van der Waals surface area contributed by atoms with Crippen molar-refractivity contribution < 1.29 is 30.1 Å². The van der Waals surface area contributed by atoms with Crippen LogP contribution >= 0.6 is 0 Å². The van der Waals surface area contributed by atoms with Gasteiger partial charge in [-0.05, 0) is 0 Å². The summed E-state index contributed by atoms with van der Waals surface area (Å²) in [6, 6.07) is -1.75. The second-order valence-corrected chi connectivity index (χ2v) is 3.00. The average Bonchev–Trinajstić information content (AvgIpc) is 2.11. The van der Waals surface area contributed by atoms with Crippen molar-refractivity contribution in [2.45, 2.75) is 30.6 Å². The van der Waals surface area contributed by atoms with Crippen LogP contribution < -0.4 is 0 Å². The molecule has 0 aromatic carbocycles. The molecule has 8 heteroatoms. The van der Waals surface area contributed by atoms with Crippen LogP contribution in [-0.4, -0.2) is 62.6 Å². The minimum Gasteiger partial charge on any atom is -0.394 e. The zero-order valence-corrected chi connectivity index (χ0v) is 7.05. The predicted octanol–water partition coefficient (Wildman–Crippen LogP) is -2.94. The lowest BCUT2D eigenvalue weighted by molar-refractivity contribution is -0.564. The number of nitro groups is 1. The normalized spacial score (nSPS) is 43.6. The number of ether oxygens (including phenoxy) is 1. The van der Waals surface area contributed by atoms with Crippen molar-refractivity contribution in [3.63, 3.8) is 0 Å². The summed E-state index contributed by atoms with van der Waals surface area (Å²) in [5.41, 5.74) is 0. The average molecular weight is 209 g/mol. The van der Waals surface area contributed by atoms with Gasteiger partial charge in [-0.3, -0.25) is 10.1 Å². The summed E-state index contributed by atoms with van der Waals surface area (Å²) >= 11 is 0. The molecule has 1 heterocycles. The van der Waals surface area contributed by atoms with Gasteiger partial charge in [-0.25, -0.2) is 0 Å². The summed E-state index contributed by atoms with van der Waals surface area (Å²) in [6.45, 7) is -0.671. The highest BCUT2D eigenvalue weighted by Crippen LogP contribution is 2.21. The highest BCUT2D eigenvalue weighted by molar-refractivity contribution is 4.88. The van der Waals surface area contributed by atoms with Crippen LogP contribution in [0.5, 0.6) is 0 Å². The molecular weight excluding hydrogens is 198 g/mol. The zero-order chi connectivity index (χ0) is 10.9. The summed E-state index contributed by atoms with van der Waals surface area (Å²) in [5, 5.41) is 46.5. The van der Waals surface area contributed by atoms with Crippen LogP contribution in [-0.2, 0) is 4.74 Å². The van der Waals surface area contributed by atoms with Crippen molar-refractivity contribution in [1.29, 1.82) is 0 Å². The number of hydrogen-bond donors (Lipinski definition) is 4. The van der Waals surface area contributed by atoms with Crippen molar-refractivity contribution in [2.75, 3.05) is 6.61 Å². The van der Waals surface area contributed by atoms with E-state index in [1.165, 1.54) is 0 Å². The van der Waals surface area contributed by atoms with Crippen molar-refractivity contribution in [3.05, 3.63) is 10.1 Å². The number of aliphatic hydroxyl groups is 4. The largest absolute Gasteiger partial charge is 0.394 e. The van der Waals surface area contributed by atoms with Crippen LogP contribution in [0.2, 0.25) is 0 Å². The third kappa shape index (κ3) is 1.83. The molecule has 0 spiro atoms. The van der Waals surface area contributed by atoms with E-state index < -0.39 is 42.2 Å². The predicted molar refractivity (Wildman–Crippen MR) is 40.8 cm³/mol. The minimum absolute atomic E-state index is 0.671. The molecule has 5 atom stereocenters. The fraction of sp³-hybridized carbons (Fsp3) is 1.00. The smallest absolute Gasteiger partial charge is 0.271 e. The molecule has 82 valence electrons. The molecule has 1 rings (SSSR count). The van der Waals surface area contributed by atoms with Gasteiger partial charge in [-0.15, -0.1) is 0 Å². The number of aliphatic hydroxyl groups excluding tert-OH is 4. The van der Waals surface area contributed by atoms with Crippen molar-refractivity contribution >= 4 is 0 Å². The summed E-state index contributed by atoms with van der Waals surface area (Å²) in [6.07, 6.45) is -6.48. The standard InChI is InChI=1S/C6H11NO7/c8-1-2-4(9)3(7(12)13)5(10)6(11)14-2/h2-6,8-11H,1H2/t2-,3+,4-,5-,6+/m1/s1. The first kappa shape index (κ1) is 11.3. The Balaban J connectivity index is 2.83. The lowest BCUT2D eigenvalue weighted by atomic mass is 9.97. The lowest BCUT2D eigenvalue weighted by Gasteiger charge is -2.35. The first-order valence-electron chi connectivity index (χ1n) is 3.93. The van der Waals surface area contributed by atoms with Crippen LogP contribution in [0.1, 0.15) is 0 Å². The van der Waals surface area contributed by atoms with Gasteiger partial charge in [-0.2, -0.15) is 0 Å². The summed E-state index contributed by atoms with van der Waals surface area (Å²) in [5.74, 6) is 0. The van der Waals surface area contributed by atoms with Crippen LogP contribution in [0.4, 0.5) is 0 Å². The topological polar surface area (TPSA) is 133 Å². The van der Waals surface area contributed by atoms with E-state index in [-0.39, 0.29) is 0 Å². The number of rotatable bonds is 2. The molecule has 1 aliphatic rings. The SMILES string of the molecule is O=[N+]([O-])[C@@H]1[C@@H](O)[C@@H](O)O[C@H](CO)[C@H]1O. The molecule has 0 radical (unpaired) electrons. The number of hydrogen-bond acceptors (Lipinski definition) is 7. The first-order valence-corrected chi connectivity index (χ1v) is 3.93. The van der Waals surface area contributed by atoms with E-state index in [1.54, 1.807) is 0 Å². The number of nitrogens with zero attached hydrogens (tertiary/aromatic N) is 1. The maximum atomic E-state index is 10.4. The molecule has 0 bridgehead atoms. The molecule has 0 saturated carbocycles. The van der Waals surface area contributed by atoms with Crippen LogP contribution in [0.25, 0.3) is 0 Å². The second kappa shape index (κ2) is 4.15.